The molecule has 13 heteroatoms. The van der Waals surface area contributed by atoms with Gasteiger partial charge in [-0.2, -0.15) is 0 Å². The van der Waals surface area contributed by atoms with Gasteiger partial charge >= 0.3 is 13.9 Å². The van der Waals surface area contributed by atoms with E-state index in [0.29, 0.717) is 60.3 Å². The number of nitrogens with one attached hydrogen (secondary N) is 1. The van der Waals surface area contributed by atoms with Gasteiger partial charge in [0.2, 0.25) is 5.75 Å². The zero-order valence-electron chi connectivity index (χ0n) is 20.8. The summed E-state index contributed by atoms with van der Waals surface area (Å²) in [4.78, 5) is 40.3. The van der Waals surface area contributed by atoms with Crippen LogP contribution in [-0.4, -0.2) is 69.8 Å². The van der Waals surface area contributed by atoms with Crippen LogP contribution in [0.1, 0.15) is 38.1 Å². The zero-order valence-corrected chi connectivity index (χ0v) is 21.7. The highest BCUT2D eigenvalue weighted by atomic mass is 31.2. The fourth-order valence-electron chi connectivity index (χ4n) is 3.70. The number of carbonyl (C=O) groups is 1. The lowest BCUT2D eigenvalue weighted by Gasteiger charge is -2.32. The summed E-state index contributed by atoms with van der Waals surface area (Å²) in [7, 11) is -2.97. The third-order valence-corrected chi connectivity index (χ3v) is 5.94. The average molecular weight is 525 g/mol. The van der Waals surface area contributed by atoms with Crippen LogP contribution in [0.5, 0.6) is 11.5 Å². The summed E-state index contributed by atoms with van der Waals surface area (Å²) in [5, 5.41) is 3.21. The number of ether oxygens (including phenoxy) is 3. The van der Waals surface area contributed by atoms with E-state index in [1.165, 1.54) is 7.11 Å². The number of phosphoric acid groups is 1. The number of anilines is 2. The Morgan fingerprint density at radius 3 is 2.58 bits per heavy atom. The average Bonchev–Trinajstić information content (AvgIpc) is 2.80. The largest absolute Gasteiger partial charge is 0.490 e. The Labute approximate surface area is 210 Å². The van der Waals surface area contributed by atoms with E-state index >= 15 is 0 Å². The number of hydrogen-bond acceptors (Lipinski definition) is 9. The second-order valence-corrected chi connectivity index (χ2v) is 9.80. The van der Waals surface area contributed by atoms with Gasteiger partial charge in [0, 0.05) is 50.3 Å². The van der Waals surface area contributed by atoms with Crippen LogP contribution in [0.3, 0.4) is 0 Å². The molecule has 2 aromatic heterocycles. The molecule has 1 amide bonds. The lowest BCUT2D eigenvalue weighted by molar-refractivity contribution is 0.0511. The third kappa shape index (κ3) is 8.06. The predicted octanol–water partition coefficient (Wildman–Crippen LogP) is 3.58. The van der Waals surface area contributed by atoms with Crippen molar-refractivity contribution in [3.8, 4) is 11.5 Å². The van der Waals surface area contributed by atoms with Crippen LogP contribution >= 0.6 is 7.82 Å². The van der Waals surface area contributed by atoms with Crippen molar-refractivity contribution in [2.45, 2.75) is 52.2 Å². The number of phosphoric ester groups is 1. The van der Waals surface area contributed by atoms with Crippen molar-refractivity contribution in [2.24, 2.45) is 0 Å². The van der Waals surface area contributed by atoms with Crippen molar-refractivity contribution in [1.82, 2.24) is 14.9 Å². The standard InChI is InChI=1S/C23H33N4O8P/c1-15(2)34-23(28)27-12-8-18(9-13-27)35-20-7-11-24-22(21(20)32-4)26-19-6-5-17(25-16(19)3)10-14-33-36(29,30)31/h5-7,11,15,18H,8-10,12-14H2,1-4H3,(H,24,26)(H2,29,30,31). The number of likely N-dealkylation sites (tertiary alicyclic amines) is 1. The van der Waals surface area contributed by atoms with Crippen molar-refractivity contribution in [3.05, 3.63) is 35.8 Å². The molecule has 0 aliphatic carbocycles. The normalized spacial score (nSPS) is 14.6. The minimum absolute atomic E-state index is 0.0877. The number of aryl methyl sites for hydroxylation is 1. The van der Waals surface area contributed by atoms with Gasteiger partial charge in [0.05, 0.1) is 31.2 Å². The molecule has 0 aromatic carbocycles. The van der Waals surface area contributed by atoms with Gasteiger partial charge < -0.3 is 34.2 Å². The van der Waals surface area contributed by atoms with E-state index < -0.39 is 7.82 Å². The maximum atomic E-state index is 12.1. The van der Waals surface area contributed by atoms with Gasteiger partial charge in [0.25, 0.3) is 0 Å². The minimum atomic E-state index is -4.51. The van der Waals surface area contributed by atoms with E-state index in [0.717, 1.165) is 0 Å². The first-order valence-corrected chi connectivity index (χ1v) is 13.2. The molecule has 0 spiro atoms. The molecular weight excluding hydrogens is 491 g/mol. The highest BCUT2D eigenvalue weighted by Crippen LogP contribution is 2.37. The van der Waals surface area contributed by atoms with E-state index in [4.69, 9.17) is 24.0 Å². The van der Waals surface area contributed by atoms with Gasteiger partial charge in [-0.25, -0.2) is 14.3 Å². The fourth-order valence-corrected chi connectivity index (χ4v) is 4.03. The van der Waals surface area contributed by atoms with Crippen LogP contribution in [0, 0.1) is 6.92 Å². The first kappa shape index (κ1) is 27.7. The number of carbonyl (C=O) groups excluding carboxylic acids is 1. The van der Waals surface area contributed by atoms with Gasteiger partial charge in [-0.3, -0.25) is 9.51 Å². The molecule has 0 atom stereocenters. The fraction of sp³-hybridized carbons (Fsp3) is 0.522. The summed E-state index contributed by atoms with van der Waals surface area (Å²) in [5.74, 6) is 1.43. The number of aromatic nitrogens is 2. The second kappa shape index (κ2) is 12.4. The highest BCUT2D eigenvalue weighted by Gasteiger charge is 2.26. The summed E-state index contributed by atoms with van der Waals surface area (Å²) in [6, 6.07) is 5.28. The van der Waals surface area contributed by atoms with Gasteiger partial charge in [0.1, 0.15) is 6.10 Å². The maximum Gasteiger partial charge on any atom is 0.469 e. The molecule has 0 bridgehead atoms. The number of amides is 1. The molecular formula is C23H33N4O8P. The molecule has 3 heterocycles. The number of nitrogens with zero attached hydrogens (tertiary/aromatic N) is 3. The number of methoxy groups -OCH3 is 1. The second-order valence-electron chi connectivity index (χ2n) is 8.56. The molecule has 1 aliphatic rings. The van der Waals surface area contributed by atoms with E-state index in [1.54, 1.807) is 36.2 Å². The van der Waals surface area contributed by atoms with Crippen molar-refractivity contribution in [2.75, 3.05) is 32.1 Å². The summed E-state index contributed by atoms with van der Waals surface area (Å²) in [6.07, 6.45) is 2.65. The number of rotatable bonds is 10. The molecule has 36 heavy (non-hydrogen) atoms. The monoisotopic (exact) mass is 524 g/mol. The van der Waals surface area contributed by atoms with Gasteiger partial charge in [-0.1, -0.05) is 0 Å². The Morgan fingerprint density at radius 1 is 1.25 bits per heavy atom. The molecule has 12 nitrogen and oxygen atoms in total. The lowest BCUT2D eigenvalue weighted by atomic mass is 10.1. The van der Waals surface area contributed by atoms with Crippen molar-refractivity contribution >= 4 is 25.4 Å². The molecule has 0 saturated carbocycles. The van der Waals surface area contributed by atoms with Crippen molar-refractivity contribution in [3.63, 3.8) is 0 Å². The summed E-state index contributed by atoms with van der Waals surface area (Å²) in [5.41, 5.74) is 1.99. The third-order valence-electron chi connectivity index (χ3n) is 5.42. The van der Waals surface area contributed by atoms with Crippen molar-refractivity contribution < 1.29 is 37.9 Å². The summed E-state index contributed by atoms with van der Waals surface area (Å²) < 4.78 is 32.4. The number of pyridine rings is 2. The molecule has 3 rings (SSSR count). The van der Waals surface area contributed by atoms with Gasteiger partial charge in [0.15, 0.2) is 11.6 Å². The van der Waals surface area contributed by atoms with E-state index in [2.05, 4.69) is 19.8 Å². The zero-order chi connectivity index (χ0) is 26.3. The molecule has 1 saturated heterocycles. The molecule has 1 fully saturated rings. The van der Waals surface area contributed by atoms with Gasteiger partial charge in [-0.05, 0) is 32.9 Å². The SMILES string of the molecule is COc1c(OC2CCN(C(=O)OC(C)C)CC2)ccnc1Nc1ccc(CCOP(=O)(O)O)nc1C. The Morgan fingerprint density at radius 2 is 1.97 bits per heavy atom. The first-order valence-electron chi connectivity index (χ1n) is 11.6. The molecule has 1 aliphatic heterocycles. The Kier molecular flexibility index (Phi) is 9.49. The van der Waals surface area contributed by atoms with E-state index in [-0.39, 0.29) is 31.3 Å². The molecule has 3 N–H and O–H groups in total. The minimum Gasteiger partial charge on any atom is -0.490 e. The molecule has 198 valence electrons. The van der Waals surface area contributed by atoms with Crippen LogP contribution in [0.4, 0.5) is 16.3 Å². The molecule has 0 radical (unpaired) electrons. The highest BCUT2D eigenvalue weighted by molar-refractivity contribution is 7.46. The smallest absolute Gasteiger partial charge is 0.469 e. The summed E-state index contributed by atoms with van der Waals surface area (Å²) in [6.45, 7) is 6.41. The van der Waals surface area contributed by atoms with E-state index in [1.807, 2.05) is 13.8 Å². The Bertz CT molecular complexity index is 1090. The summed E-state index contributed by atoms with van der Waals surface area (Å²) >= 11 is 0. The predicted molar refractivity (Wildman–Crippen MR) is 132 cm³/mol. The van der Waals surface area contributed by atoms with Gasteiger partial charge in [-0.15, -0.1) is 0 Å². The first-order chi connectivity index (χ1) is 17.1. The molecule has 0 unspecified atom stereocenters. The lowest BCUT2D eigenvalue weighted by Crippen LogP contribution is -2.42. The Balaban J connectivity index is 1.63. The topological polar surface area (TPSA) is 153 Å². The quantitative estimate of drug-likeness (QED) is 0.391. The Hall–Kier alpha value is -2.92. The number of hydrogen-bond donors (Lipinski definition) is 3. The van der Waals surface area contributed by atoms with Crippen LogP contribution in [-0.2, 0) is 20.2 Å². The molecule has 2 aromatic rings. The maximum absolute atomic E-state index is 12.1. The van der Waals surface area contributed by atoms with E-state index in [9.17, 15) is 9.36 Å². The number of piperidine rings is 1. The van der Waals surface area contributed by atoms with Crippen LogP contribution in [0.15, 0.2) is 24.4 Å². The van der Waals surface area contributed by atoms with Crippen LogP contribution in [0.25, 0.3) is 0 Å². The van der Waals surface area contributed by atoms with Crippen LogP contribution < -0.4 is 14.8 Å². The van der Waals surface area contributed by atoms with Crippen molar-refractivity contribution in [1.29, 1.82) is 0 Å². The van der Waals surface area contributed by atoms with Crippen LogP contribution in [0.2, 0.25) is 0 Å².